The molecule has 0 aliphatic rings. The molecule has 0 rings (SSSR count). The SMILES string of the molecule is CC(C)(C)C(=O)ONCC[N+](C)(C)CCCS(=O)(=O)O. The molecule has 0 aromatic heterocycles. The van der Waals surface area contributed by atoms with Gasteiger partial charge in [-0.1, -0.05) is 0 Å². The zero-order valence-corrected chi connectivity index (χ0v) is 13.8. The quantitative estimate of drug-likeness (QED) is 0.292. The molecule has 0 heterocycles. The van der Waals surface area contributed by atoms with Crippen LogP contribution in [0, 0.1) is 5.41 Å². The van der Waals surface area contributed by atoms with E-state index in [1.165, 1.54) is 0 Å². The van der Waals surface area contributed by atoms with Crippen LogP contribution in [0.15, 0.2) is 0 Å². The fourth-order valence-corrected chi connectivity index (χ4v) is 1.90. The predicted octanol–water partition coefficient (Wildman–Crippen LogP) is 0.435. The Hall–Kier alpha value is -0.700. The van der Waals surface area contributed by atoms with Gasteiger partial charge in [-0.15, -0.1) is 5.48 Å². The van der Waals surface area contributed by atoms with Crippen LogP contribution in [-0.4, -0.2) is 62.9 Å². The van der Waals surface area contributed by atoms with Crippen LogP contribution in [0.1, 0.15) is 27.2 Å². The summed E-state index contributed by atoms with van der Waals surface area (Å²) in [6.07, 6.45) is 0.383. The van der Waals surface area contributed by atoms with Gasteiger partial charge < -0.3 is 9.32 Å². The maximum absolute atomic E-state index is 11.5. The van der Waals surface area contributed by atoms with Gasteiger partial charge in [0, 0.05) is 6.42 Å². The van der Waals surface area contributed by atoms with Crippen molar-refractivity contribution in [3.63, 3.8) is 0 Å². The van der Waals surface area contributed by atoms with Crippen LogP contribution in [0.25, 0.3) is 0 Å². The Morgan fingerprint density at radius 1 is 1.25 bits per heavy atom. The van der Waals surface area contributed by atoms with Crippen LogP contribution >= 0.6 is 0 Å². The van der Waals surface area contributed by atoms with Gasteiger partial charge >= 0.3 is 5.97 Å². The highest BCUT2D eigenvalue weighted by Gasteiger charge is 2.23. The molecule has 0 saturated heterocycles. The van der Waals surface area contributed by atoms with Crippen molar-refractivity contribution in [2.75, 3.05) is 39.5 Å². The molecule has 0 aromatic rings. The first-order chi connectivity index (χ1) is 8.83. The van der Waals surface area contributed by atoms with E-state index >= 15 is 0 Å². The third kappa shape index (κ3) is 10.1. The number of quaternary nitrogens is 1. The molecule has 2 N–H and O–H groups in total. The molecule has 0 spiro atoms. The maximum Gasteiger partial charge on any atom is 0.329 e. The molecule has 0 aromatic carbocycles. The minimum atomic E-state index is -3.89. The molecule has 8 heteroatoms. The largest absolute Gasteiger partial charge is 0.370 e. The summed E-state index contributed by atoms with van der Waals surface area (Å²) in [5.41, 5.74) is 2.07. The Morgan fingerprint density at radius 3 is 2.25 bits per heavy atom. The molecule has 0 fully saturated rings. The van der Waals surface area contributed by atoms with Crippen LogP contribution in [0.4, 0.5) is 0 Å². The fraction of sp³-hybridized carbons (Fsp3) is 0.917. The minimum Gasteiger partial charge on any atom is -0.370 e. The van der Waals surface area contributed by atoms with E-state index in [4.69, 9.17) is 9.39 Å². The second-order valence-electron chi connectivity index (χ2n) is 6.56. The van der Waals surface area contributed by atoms with Gasteiger partial charge in [-0.25, -0.2) is 4.79 Å². The van der Waals surface area contributed by atoms with Gasteiger partial charge in [0.25, 0.3) is 10.1 Å². The molecule has 120 valence electrons. The summed E-state index contributed by atoms with van der Waals surface area (Å²) in [6.45, 7) is 7.06. The number of likely N-dealkylation sites (N-methyl/N-ethyl adjacent to an activating group) is 1. The number of rotatable bonds is 8. The number of carbonyl (C=O) groups excluding carboxylic acids is 1. The van der Waals surface area contributed by atoms with Gasteiger partial charge in [0.15, 0.2) is 0 Å². The van der Waals surface area contributed by atoms with Crippen LogP contribution < -0.4 is 5.48 Å². The Labute approximate surface area is 121 Å². The first-order valence-corrected chi connectivity index (χ1v) is 8.16. The van der Waals surface area contributed by atoms with Crippen LogP contribution in [-0.2, 0) is 19.8 Å². The Kier molecular flexibility index (Phi) is 7.09. The maximum atomic E-state index is 11.5. The van der Waals surface area contributed by atoms with Crippen LogP contribution in [0.3, 0.4) is 0 Å². The lowest BCUT2D eigenvalue weighted by Gasteiger charge is -2.29. The van der Waals surface area contributed by atoms with E-state index in [1.54, 1.807) is 20.8 Å². The highest BCUT2D eigenvalue weighted by molar-refractivity contribution is 7.85. The standard InChI is InChI=1S/C12H26N2O5S/c1-12(2,3)11(15)19-13-7-9-14(4,5)8-6-10-20(16,17)18/h13H,6-10H2,1-5H3/p+1. The summed E-state index contributed by atoms with van der Waals surface area (Å²) in [5, 5.41) is 0. The number of hydrogen-bond donors (Lipinski definition) is 2. The second kappa shape index (κ2) is 7.35. The van der Waals surface area contributed by atoms with Gasteiger partial charge in [-0.3, -0.25) is 4.55 Å². The van der Waals surface area contributed by atoms with Gasteiger partial charge in [0.05, 0.1) is 44.9 Å². The first-order valence-electron chi connectivity index (χ1n) is 6.55. The molecule has 0 radical (unpaired) electrons. The van der Waals surface area contributed by atoms with Crippen molar-refractivity contribution >= 4 is 16.1 Å². The molecule has 0 unspecified atom stereocenters. The van der Waals surface area contributed by atoms with E-state index in [2.05, 4.69) is 5.48 Å². The average molecular weight is 311 g/mol. The van der Waals surface area contributed by atoms with Gasteiger partial charge in [-0.2, -0.15) is 8.42 Å². The highest BCUT2D eigenvalue weighted by Crippen LogP contribution is 2.13. The Bertz CT molecular complexity index is 412. The van der Waals surface area contributed by atoms with Crippen molar-refractivity contribution in [1.82, 2.24) is 5.48 Å². The fourth-order valence-electron chi connectivity index (χ4n) is 1.40. The van der Waals surface area contributed by atoms with Crippen LogP contribution in [0.5, 0.6) is 0 Å². The lowest BCUT2D eigenvalue weighted by molar-refractivity contribution is -0.889. The molecule has 0 amide bonds. The zero-order chi connectivity index (χ0) is 16.0. The van der Waals surface area contributed by atoms with Gasteiger partial charge in [-0.05, 0) is 20.8 Å². The number of nitrogens with one attached hydrogen (secondary N) is 1. The highest BCUT2D eigenvalue weighted by atomic mass is 32.2. The molecule has 20 heavy (non-hydrogen) atoms. The van der Waals surface area contributed by atoms with E-state index in [1.807, 2.05) is 14.1 Å². The lowest BCUT2D eigenvalue weighted by atomic mass is 9.98. The summed E-state index contributed by atoms with van der Waals surface area (Å²) in [7, 11) is -0.0109. The second-order valence-corrected chi connectivity index (χ2v) is 8.13. The van der Waals surface area contributed by atoms with Crippen molar-refractivity contribution in [2.45, 2.75) is 27.2 Å². The Balaban J connectivity index is 3.91. The summed E-state index contributed by atoms with van der Waals surface area (Å²) in [6, 6.07) is 0. The van der Waals surface area contributed by atoms with Crippen molar-refractivity contribution < 1.29 is 27.1 Å². The molecule has 0 atom stereocenters. The number of carbonyl (C=O) groups is 1. The molecule has 0 aliphatic heterocycles. The van der Waals surface area contributed by atoms with E-state index in [0.717, 1.165) is 0 Å². The Morgan fingerprint density at radius 2 is 1.80 bits per heavy atom. The molecular formula is C12H27N2O5S+. The van der Waals surface area contributed by atoms with E-state index < -0.39 is 15.5 Å². The number of hydroxylamine groups is 1. The number of nitrogens with zero attached hydrogens (tertiary/aromatic N) is 1. The normalized spacial score (nSPS) is 13.3. The van der Waals surface area contributed by atoms with Gasteiger partial charge in [0.1, 0.15) is 0 Å². The topological polar surface area (TPSA) is 92.7 Å². The molecule has 7 nitrogen and oxygen atoms in total. The zero-order valence-electron chi connectivity index (χ0n) is 13.0. The molecule has 0 aliphatic carbocycles. The first kappa shape index (κ1) is 19.3. The third-order valence-corrected chi connectivity index (χ3v) is 3.57. The molecular weight excluding hydrogens is 284 g/mol. The van der Waals surface area contributed by atoms with Crippen molar-refractivity contribution in [3.05, 3.63) is 0 Å². The predicted molar refractivity (Wildman–Crippen MR) is 76.4 cm³/mol. The average Bonchev–Trinajstić information content (AvgIpc) is 2.20. The third-order valence-electron chi connectivity index (χ3n) is 2.76. The molecule has 0 saturated carbocycles. The van der Waals surface area contributed by atoms with Gasteiger partial charge in [0.2, 0.25) is 0 Å². The molecule has 0 bridgehead atoms. The number of hydrogen-bond acceptors (Lipinski definition) is 5. The summed E-state index contributed by atoms with van der Waals surface area (Å²) >= 11 is 0. The van der Waals surface area contributed by atoms with Crippen molar-refractivity contribution in [1.29, 1.82) is 0 Å². The van der Waals surface area contributed by atoms with E-state index in [0.29, 0.717) is 30.5 Å². The monoisotopic (exact) mass is 311 g/mol. The van der Waals surface area contributed by atoms with Crippen molar-refractivity contribution in [3.8, 4) is 0 Å². The summed E-state index contributed by atoms with van der Waals surface area (Å²) in [4.78, 5) is 16.4. The summed E-state index contributed by atoms with van der Waals surface area (Å²) in [5.74, 6) is -0.560. The minimum absolute atomic E-state index is 0.235. The van der Waals surface area contributed by atoms with E-state index in [9.17, 15) is 13.2 Å². The lowest BCUT2D eigenvalue weighted by Crippen LogP contribution is -2.46. The smallest absolute Gasteiger partial charge is 0.329 e. The summed E-state index contributed by atoms with van der Waals surface area (Å²) < 4.78 is 30.5. The van der Waals surface area contributed by atoms with Crippen molar-refractivity contribution in [2.24, 2.45) is 5.41 Å². The van der Waals surface area contributed by atoms with E-state index in [-0.39, 0.29) is 11.7 Å². The van der Waals surface area contributed by atoms with Crippen LogP contribution in [0.2, 0.25) is 0 Å².